The molecule has 1 aliphatic rings. The summed E-state index contributed by atoms with van der Waals surface area (Å²) in [5.74, 6) is 0.954. The van der Waals surface area contributed by atoms with Crippen LogP contribution in [-0.2, 0) is 10.0 Å². The summed E-state index contributed by atoms with van der Waals surface area (Å²) >= 11 is 0. The van der Waals surface area contributed by atoms with Crippen LogP contribution in [0.25, 0.3) is 0 Å². The normalized spacial score (nSPS) is 13.2. The molecule has 0 bridgehead atoms. The van der Waals surface area contributed by atoms with Crippen molar-refractivity contribution in [3.63, 3.8) is 0 Å². The first kappa shape index (κ1) is 17.1. The zero-order chi connectivity index (χ0) is 18.0. The van der Waals surface area contributed by atoms with E-state index >= 15 is 0 Å². The molecule has 1 aliphatic heterocycles. The molecule has 132 valence electrons. The lowest BCUT2D eigenvalue weighted by Gasteiger charge is -2.11. The van der Waals surface area contributed by atoms with Gasteiger partial charge in [-0.2, -0.15) is 13.5 Å². The minimum atomic E-state index is -3.80. The van der Waals surface area contributed by atoms with Gasteiger partial charge in [0, 0.05) is 25.8 Å². The molecule has 8 heteroatoms. The number of hydrogen-bond donors (Lipinski definition) is 1. The van der Waals surface area contributed by atoms with Crippen LogP contribution in [0, 0.1) is 6.92 Å². The average molecular weight is 361 g/mol. The van der Waals surface area contributed by atoms with Gasteiger partial charge in [0.25, 0.3) is 10.0 Å². The van der Waals surface area contributed by atoms with Crippen LogP contribution < -0.4 is 19.2 Å². The number of rotatable bonds is 5. The van der Waals surface area contributed by atoms with Crippen molar-refractivity contribution < 1.29 is 17.9 Å². The van der Waals surface area contributed by atoms with E-state index in [1.807, 2.05) is 43.3 Å². The summed E-state index contributed by atoms with van der Waals surface area (Å²) in [5, 5.41) is 3.85. The summed E-state index contributed by atoms with van der Waals surface area (Å²) in [6, 6.07) is 10.7. The smallest absolute Gasteiger partial charge is 0.276 e. The highest BCUT2D eigenvalue weighted by molar-refractivity contribution is 7.89. The molecular formula is C17H19N3O4S. The van der Waals surface area contributed by atoms with Gasteiger partial charge in [0.2, 0.25) is 6.79 Å². The maximum atomic E-state index is 12.5. The molecule has 3 rings (SSSR count). The van der Waals surface area contributed by atoms with E-state index < -0.39 is 10.0 Å². The van der Waals surface area contributed by atoms with Gasteiger partial charge in [-0.1, -0.05) is 12.1 Å². The van der Waals surface area contributed by atoms with Crippen LogP contribution >= 0.6 is 0 Å². The first-order chi connectivity index (χ1) is 11.9. The largest absolute Gasteiger partial charge is 0.454 e. The maximum absolute atomic E-state index is 12.5. The van der Waals surface area contributed by atoms with Gasteiger partial charge in [-0.25, -0.2) is 4.83 Å². The zero-order valence-corrected chi connectivity index (χ0v) is 15.0. The highest BCUT2D eigenvalue weighted by Crippen LogP contribution is 2.36. The van der Waals surface area contributed by atoms with E-state index in [2.05, 4.69) is 9.93 Å². The molecule has 0 amide bonds. The molecule has 0 aliphatic carbocycles. The number of hydrazone groups is 1. The van der Waals surface area contributed by atoms with Gasteiger partial charge in [-0.05, 0) is 36.2 Å². The van der Waals surface area contributed by atoms with Crippen LogP contribution in [0.1, 0.15) is 11.1 Å². The average Bonchev–Trinajstić information content (AvgIpc) is 3.01. The first-order valence-corrected chi connectivity index (χ1v) is 9.07. The second-order valence-electron chi connectivity index (χ2n) is 5.81. The van der Waals surface area contributed by atoms with Gasteiger partial charge < -0.3 is 14.4 Å². The molecule has 0 saturated heterocycles. The number of fused-ring (bicyclic) bond motifs is 1. The molecule has 0 radical (unpaired) electrons. The molecule has 0 saturated carbocycles. The second-order valence-corrected chi connectivity index (χ2v) is 7.44. The fraction of sp³-hybridized carbons (Fsp3) is 0.235. The minimum Gasteiger partial charge on any atom is -0.454 e. The number of nitrogens with one attached hydrogen (secondary N) is 1. The van der Waals surface area contributed by atoms with Crippen LogP contribution in [0.5, 0.6) is 11.5 Å². The van der Waals surface area contributed by atoms with Crippen molar-refractivity contribution in [2.75, 3.05) is 25.8 Å². The Hall–Kier alpha value is -2.74. The van der Waals surface area contributed by atoms with E-state index in [0.29, 0.717) is 17.1 Å². The van der Waals surface area contributed by atoms with E-state index in [0.717, 1.165) is 11.3 Å². The second kappa shape index (κ2) is 6.64. The first-order valence-electron chi connectivity index (χ1n) is 7.59. The zero-order valence-electron chi connectivity index (χ0n) is 14.2. The number of hydrogen-bond acceptors (Lipinski definition) is 6. The molecule has 0 atom stereocenters. The number of anilines is 1. The topological polar surface area (TPSA) is 80.2 Å². The van der Waals surface area contributed by atoms with Gasteiger partial charge in [0.15, 0.2) is 11.5 Å². The molecule has 7 nitrogen and oxygen atoms in total. The molecule has 25 heavy (non-hydrogen) atoms. The van der Waals surface area contributed by atoms with E-state index in [-0.39, 0.29) is 11.7 Å². The molecule has 0 unspecified atom stereocenters. The van der Waals surface area contributed by atoms with Crippen molar-refractivity contribution in [3.05, 3.63) is 47.5 Å². The van der Waals surface area contributed by atoms with Crippen LogP contribution in [0.2, 0.25) is 0 Å². The number of benzene rings is 2. The SMILES string of the molecule is Cc1cc2c(cc1S(=O)(=O)N/N=C/c1ccc(N(C)C)cc1)OCO2. The molecule has 0 spiro atoms. The van der Waals surface area contributed by atoms with E-state index in [9.17, 15) is 8.42 Å². The third-order valence-electron chi connectivity index (χ3n) is 3.76. The predicted molar refractivity (Wildman–Crippen MR) is 96.0 cm³/mol. The highest BCUT2D eigenvalue weighted by Gasteiger charge is 2.22. The van der Waals surface area contributed by atoms with Gasteiger partial charge in [-0.3, -0.25) is 0 Å². The summed E-state index contributed by atoms with van der Waals surface area (Å²) in [7, 11) is 0.103. The third kappa shape index (κ3) is 3.69. The van der Waals surface area contributed by atoms with Crippen molar-refractivity contribution in [1.82, 2.24) is 4.83 Å². The van der Waals surface area contributed by atoms with Crippen LogP contribution in [0.4, 0.5) is 5.69 Å². The van der Waals surface area contributed by atoms with Gasteiger partial charge >= 0.3 is 0 Å². The predicted octanol–water partition coefficient (Wildman–Crippen LogP) is 2.10. The molecule has 2 aromatic carbocycles. The number of nitrogens with zero attached hydrogens (tertiary/aromatic N) is 2. The van der Waals surface area contributed by atoms with E-state index in [4.69, 9.17) is 9.47 Å². The lowest BCUT2D eigenvalue weighted by atomic mass is 10.2. The molecule has 1 heterocycles. The van der Waals surface area contributed by atoms with Crippen molar-refractivity contribution >= 4 is 21.9 Å². The number of aryl methyl sites for hydroxylation is 1. The van der Waals surface area contributed by atoms with Crippen LogP contribution in [-0.4, -0.2) is 35.5 Å². The molecule has 2 aromatic rings. The molecular weight excluding hydrogens is 342 g/mol. The summed E-state index contributed by atoms with van der Waals surface area (Å²) < 4.78 is 35.4. The Bertz CT molecular complexity index is 906. The third-order valence-corrected chi connectivity index (χ3v) is 5.12. The van der Waals surface area contributed by atoms with Gasteiger partial charge in [0.1, 0.15) is 0 Å². The van der Waals surface area contributed by atoms with Crippen LogP contribution in [0.3, 0.4) is 0 Å². The number of sulfonamides is 1. The van der Waals surface area contributed by atoms with Crippen molar-refractivity contribution in [2.45, 2.75) is 11.8 Å². The summed E-state index contributed by atoms with van der Waals surface area (Å²) in [6.07, 6.45) is 1.46. The lowest BCUT2D eigenvalue weighted by Crippen LogP contribution is -2.19. The van der Waals surface area contributed by atoms with Crippen molar-refractivity contribution in [2.24, 2.45) is 5.10 Å². The van der Waals surface area contributed by atoms with Crippen molar-refractivity contribution in [3.8, 4) is 11.5 Å². The van der Waals surface area contributed by atoms with E-state index in [1.165, 1.54) is 12.3 Å². The Labute approximate surface area is 146 Å². The molecule has 0 aromatic heterocycles. The Kier molecular flexibility index (Phi) is 4.54. The van der Waals surface area contributed by atoms with Crippen molar-refractivity contribution in [1.29, 1.82) is 0 Å². The Balaban J connectivity index is 1.76. The van der Waals surface area contributed by atoms with Gasteiger partial charge in [0.05, 0.1) is 11.1 Å². The quantitative estimate of drug-likeness (QED) is 0.652. The standard InChI is InChI=1S/C17H19N3O4S/c1-12-8-15-16(24-11-23-15)9-17(12)25(21,22)19-18-10-13-4-6-14(7-5-13)20(2)3/h4-10,19H,11H2,1-3H3/b18-10+. The van der Waals surface area contributed by atoms with Gasteiger partial charge in [-0.15, -0.1) is 0 Å². The fourth-order valence-corrected chi connectivity index (χ4v) is 3.43. The highest BCUT2D eigenvalue weighted by atomic mass is 32.2. The number of ether oxygens (including phenoxy) is 2. The lowest BCUT2D eigenvalue weighted by molar-refractivity contribution is 0.174. The molecule has 0 fully saturated rings. The molecule has 1 N–H and O–H groups in total. The monoisotopic (exact) mass is 361 g/mol. The van der Waals surface area contributed by atoms with Crippen LogP contribution in [0.15, 0.2) is 46.4 Å². The summed E-state index contributed by atoms with van der Waals surface area (Å²) in [4.78, 5) is 4.31. The summed E-state index contributed by atoms with van der Waals surface area (Å²) in [6.45, 7) is 1.78. The Morgan fingerprint density at radius 1 is 1.12 bits per heavy atom. The van der Waals surface area contributed by atoms with E-state index in [1.54, 1.807) is 13.0 Å². The minimum absolute atomic E-state index is 0.0901. The Morgan fingerprint density at radius 3 is 2.40 bits per heavy atom. The Morgan fingerprint density at radius 2 is 1.76 bits per heavy atom. The maximum Gasteiger partial charge on any atom is 0.276 e. The summed E-state index contributed by atoms with van der Waals surface area (Å²) in [5.41, 5.74) is 2.40. The fourth-order valence-electron chi connectivity index (χ4n) is 2.39.